The smallest absolute Gasteiger partial charge is 0.0226 e. The van der Waals surface area contributed by atoms with Crippen LogP contribution in [0.25, 0.3) is 0 Å². The molecular formula is C9H18N2. The molecule has 0 amide bonds. The Labute approximate surface area is 69.2 Å². The summed E-state index contributed by atoms with van der Waals surface area (Å²) in [7, 11) is 2.24. The summed E-state index contributed by atoms with van der Waals surface area (Å²) in [4.78, 5) is 5.14. The lowest BCUT2D eigenvalue weighted by Crippen LogP contribution is -2.50. The van der Waals surface area contributed by atoms with Crippen LogP contribution < -0.4 is 0 Å². The van der Waals surface area contributed by atoms with Crippen molar-refractivity contribution < 1.29 is 0 Å². The van der Waals surface area contributed by atoms with Gasteiger partial charge in [-0.25, -0.2) is 0 Å². The summed E-state index contributed by atoms with van der Waals surface area (Å²) in [5, 5.41) is 0. The van der Waals surface area contributed by atoms with Crippen LogP contribution >= 0.6 is 0 Å². The van der Waals surface area contributed by atoms with Crippen molar-refractivity contribution in [3.63, 3.8) is 0 Å². The first kappa shape index (κ1) is 7.56. The van der Waals surface area contributed by atoms with Crippen molar-refractivity contribution in [1.29, 1.82) is 0 Å². The normalized spacial score (nSPS) is 40.9. The van der Waals surface area contributed by atoms with Gasteiger partial charge in [0.1, 0.15) is 0 Å². The van der Waals surface area contributed by atoms with E-state index in [9.17, 15) is 0 Å². The molecule has 2 saturated heterocycles. The molecule has 0 bridgehead atoms. The first-order valence-electron chi connectivity index (χ1n) is 4.71. The van der Waals surface area contributed by atoms with Crippen LogP contribution in [0.3, 0.4) is 0 Å². The topological polar surface area (TPSA) is 6.48 Å². The van der Waals surface area contributed by atoms with Gasteiger partial charge in [0.25, 0.3) is 0 Å². The first-order chi connectivity index (χ1) is 5.27. The fourth-order valence-corrected chi connectivity index (χ4v) is 2.46. The molecule has 0 aromatic heterocycles. The fourth-order valence-electron chi connectivity index (χ4n) is 2.46. The minimum absolute atomic E-state index is 0.855. The van der Waals surface area contributed by atoms with Crippen molar-refractivity contribution in [2.24, 2.45) is 0 Å². The second-order valence-electron chi connectivity index (χ2n) is 4.08. The van der Waals surface area contributed by atoms with Gasteiger partial charge >= 0.3 is 0 Å². The predicted molar refractivity (Wildman–Crippen MR) is 46.7 cm³/mol. The molecule has 0 radical (unpaired) electrons. The van der Waals surface area contributed by atoms with Gasteiger partial charge in [0.05, 0.1) is 0 Å². The lowest BCUT2D eigenvalue weighted by molar-refractivity contribution is 0.0993. The molecule has 0 aromatic rings. The van der Waals surface area contributed by atoms with Gasteiger partial charge in [0.15, 0.2) is 0 Å². The van der Waals surface area contributed by atoms with Crippen LogP contribution in [0.2, 0.25) is 0 Å². The van der Waals surface area contributed by atoms with Crippen LogP contribution in [0.1, 0.15) is 19.8 Å². The Bertz CT molecular complexity index is 146. The maximum atomic E-state index is 2.68. The third-order valence-electron chi connectivity index (χ3n) is 3.22. The monoisotopic (exact) mass is 154 g/mol. The molecule has 1 unspecified atom stereocenters. The Hall–Kier alpha value is -0.0800. The largest absolute Gasteiger partial charge is 0.304 e. The molecule has 2 aliphatic heterocycles. The standard InChI is InChI=1S/C9H18N2/c1-8-3-4-9-7-10(2)5-6-11(8)9/h8-9H,3-7H2,1-2H3/t8?,9-/m0/s1. The number of nitrogens with zero attached hydrogens (tertiary/aromatic N) is 2. The van der Waals surface area contributed by atoms with Crippen molar-refractivity contribution in [3.8, 4) is 0 Å². The van der Waals surface area contributed by atoms with Crippen molar-refractivity contribution in [2.45, 2.75) is 31.8 Å². The van der Waals surface area contributed by atoms with Crippen LogP contribution in [-0.2, 0) is 0 Å². The van der Waals surface area contributed by atoms with Gasteiger partial charge in [-0.15, -0.1) is 0 Å². The molecule has 2 heterocycles. The molecule has 0 saturated carbocycles. The predicted octanol–water partition coefficient (Wildman–Crippen LogP) is 0.785. The molecule has 0 spiro atoms. The summed E-state index contributed by atoms with van der Waals surface area (Å²) in [5.74, 6) is 0. The van der Waals surface area contributed by atoms with Gasteiger partial charge in [0, 0.05) is 31.7 Å². The Balaban J connectivity index is 2.00. The van der Waals surface area contributed by atoms with Crippen LogP contribution in [-0.4, -0.2) is 48.6 Å². The second kappa shape index (κ2) is 2.76. The lowest BCUT2D eigenvalue weighted by Gasteiger charge is -2.37. The van der Waals surface area contributed by atoms with E-state index in [1.165, 1.54) is 32.5 Å². The number of rotatable bonds is 0. The minimum atomic E-state index is 0.855. The zero-order valence-corrected chi connectivity index (χ0v) is 7.58. The summed E-state index contributed by atoms with van der Waals surface area (Å²) in [6.07, 6.45) is 2.84. The van der Waals surface area contributed by atoms with E-state index >= 15 is 0 Å². The average molecular weight is 154 g/mol. The Morgan fingerprint density at radius 3 is 2.82 bits per heavy atom. The molecule has 64 valence electrons. The molecular weight excluding hydrogens is 136 g/mol. The van der Waals surface area contributed by atoms with Crippen LogP contribution in [0.4, 0.5) is 0 Å². The number of piperazine rings is 1. The highest BCUT2D eigenvalue weighted by atomic mass is 15.3. The molecule has 2 aliphatic rings. The molecule has 2 heteroatoms. The highest BCUT2D eigenvalue weighted by Gasteiger charge is 2.33. The molecule has 2 nitrogen and oxygen atoms in total. The zero-order chi connectivity index (χ0) is 7.84. The van der Waals surface area contributed by atoms with Gasteiger partial charge in [-0.05, 0) is 26.8 Å². The number of fused-ring (bicyclic) bond motifs is 1. The molecule has 2 fully saturated rings. The highest BCUT2D eigenvalue weighted by Crippen LogP contribution is 2.26. The summed E-state index contributed by atoms with van der Waals surface area (Å²) in [6, 6.07) is 1.73. The molecule has 0 aromatic carbocycles. The first-order valence-corrected chi connectivity index (χ1v) is 4.71. The molecule has 0 aliphatic carbocycles. The zero-order valence-electron chi connectivity index (χ0n) is 7.58. The molecule has 11 heavy (non-hydrogen) atoms. The number of hydrogen-bond donors (Lipinski definition) is 0. The van der Waals surface area contributed by atoms with Gasteiger partial charge in [-0.2, -0.15) is 0 Å². The van der Waals surface area contributed by atoms with Crippen molar-refractivity contribution in [1.82, 2.24) is 9.80 Å². The van der Waals surface area contributed by atoms with E-state index < -0.39 is 0 Å². The maximum absolute atomic E-state index is 2.68. The maximum Gasteiger partial charge on any atom is 0.0226 e. The van der Waals surface area contributed by atoms with E-state index in [1.807, 2.05) is 0 Å². The Morgan fingerprint density at radius 1 is 1.18 bits per heavy atom. The van der Waals surface area contributed by atoms with E-state index in [1.54, 1.807) is 0 Å². The average Bonchev–Trinajstić information content (AvgIpc) is 2.32. The molecule has 2 atom stereocenters. The molecule has 2 rings (SSSR count). The third kappa shape index (κ3) is 1.30. The summed E-state index contributed by atoms with van der Waals surface area (Å²) >= 11 is 0. The Kier molecular flexibility index (Phi) is 1.90. The second-order valence-corrected chi connectivity index (χ2v) is 4.08. The van der Waals surface area contributed by atoms with Crippen LogP contribution in [0.15, 0.2) is 0 Å². The van der Waals surface area contributed by atoms with Gasteiger partial charge in [-0.1, -0.05) is 0 Å². The van der Waals surface area contributed by atoms with Gasteiger partial charge < -0.3 is 4.90 Å². The highest BCUT2D eigenvalue weighted by molar-refractivity contribution is 4.90. The number of hydrogen-bond acceptors (Lipinski definition) is 2. The number of likely N-dealkylation sites (N-methyl/N-ethyl adjacent to an activating group) is 1. The summed E-state index contributed by atoms with van der Waals surface area (Å²) in [6.45, 7) is 6.22. The Morgan fingerprint density at radius 2 is 2.00 bits per heavy atom. The minimum Gasteiger partial charge on any atom is -0.304 e. The van der Waals surface area contributed by atoms with E-state index in [0.717, 1.165) is 12.1 Å². The van der Waals surface area contributed by atoms with E-state index in [-0.39, 0.29) is 0 Å². The van der Waals surface area contributed by atoms with E-state index in [4.69, 9.17) is 0 Å². The van der Waals surface area contributed by atoms with Gasteiger partial charge in [-0.3, -0.25) is 4.90 Å². The lowest BCUT2D eigenvalue weighted by atomic mass is 10.2. The summed E-state index contributed by atoms with van der Waals surface area (Å²) < 4.78 is 0. The van der Waals surface area contributed by atoms with Crippen LogP contribution in [0, 0.1) is 0 Å². The summed E-state index contributed by atoms with van der Waals surface area (Å²) in [5.41, 5.74) is 0. The van der Waals surface area contributed by atoms with E-state index in [2.05, 4.69) is 23.8 Å². The fraction of sp³-hybridized carbons (Fsp3) is 1.00. The van der Waals surface area contributed by atoms with Crippen molar-refractivity contribution in [3.05, 3.63) is 0 Å². The van der Waals surface area contributed by atoms with E-state index in [0.29, 0.717) is 0 Å². The SMILES string of the molecule is CC1CC[C@H]2CN(C)CCN12. The van der Waals surface area contributed by atoms with Crippen molar-refractivity contribution in [2.75, 3.05) is 26.7 Å². The van der Waals surface area contributed by atoms with Gasteiger partial charge in [0.2, 0.25) is 0 Å². The quantitative estimate of drug-likeness (QED) is 0.509. The van der Waals surface area contributed by atoms with Crippen molar-refractivity contribution >= 4 is 0 Å². The molecule has 0 N–H and O–H groups in total. The van der Waals surface area contributed by atoms with Crippen LogP contribution in [0.5, 0.6) is 0 Å². The third-order valence-corrected chi connectivity index (χ3v) is 3.22.